The zero-order valence-corrected chi connectivity index (χ0v) is 14.3. The first-order valence-corrected chi connectivity index (χ1v) is 8.69. The summed E-state index contributed by atoms with van der Waals surface area (Å²) in [6.07, 6.45) is 11.0. The maximum absolute atomic E-state index is 6.20. The molecule has 2 nitrogen and oxygen atoms in total. The molecule has 1 saturated heterocycles. The van der Waals surface area contributed by atoms with Gasteiger partial charge >= 0.3 is 0 Å². The van der Waals surface area contributed by atoms with Crippen LogP contribution in [-0.2, 0) is 9.47 Å². The van der Waals surface area contributed by atoms with Crippen molar-refractivity contribution in [3.63, 3.8) is 0 Å². The number of ether oxygens (including phenoxy) is 2. The van der Waals surface area contributed by atoms with Crippen LogP contribution in [0.15, 0.2) is 28.9 Å². The summed E-state index contributed by atoms with van der Waals surface area (Å²) in [6.45, 7) is 2.17. The monoisotopic (exact) mass is 390 g/mol. The summed E-state index contributed by atoms with van der Waals surface area (Å²) in [6, 6.07) is 0. The Morgan fingerprint density at radius 3 is 2.79 bits per heavy atom. The first kappa shape index (κ1) is 15.5. The normalized spacial score (nSPS) is 40.3. The van der Waals surface area contributed by atoms with Crippen LogP contribution < -0.4 is 0 Å². The van der Waals surface area contributed by atoms with Crippen molar-refractivity contribution < 1.29 is 9.47 Å². The molecule has 0 spiro atoms. The fourth-order valence-electron chi connectivity index (χ4n) is 2.62. The summed E-state index contributed by atoms with van der Waals surface area (Å²) >= 11 is 6.97. The Labute approximate surface area is 132 Å². The van der Waals surface area contributed by atoms with Crippen LogP contribution in [0, 0.1) is 0 Å². The molecule has 0 aromatic carbocycles. The second-order valence-electron chi connectivity index (χ2n) is 4.97. The van der Waals surface area contributed by atoms with E-state index in [2.05, 4.69) is 56.7 Å². The zero-order chi connectivity index (χ0) is 13.7. The van der Waals surface area contributed by atoms with E-state index in [0.717, 1.165) is 25.7 Å². The van der Waals surface area contributed by atoms with E-state index in [1.54, 1.807) is 4.99 Å². The second-order valence-corrected chi connectivity index (χ2v) is 6.61. The number of hydrogen-bond donors (Lipinski definition) is 0. The molecule has 2 rings (SSSR count). The van der Waals surface area contributed by atoms with E-state index in [1.807, 2.05) is 6.08 Å². The van der Waals surface area contributed by atoms with E-state index in [0.29, 0.717) is 10.9 Å². The van der Waals surface area contributed by atoms with Crippen LogP contribution in [0.2, 0.25) is 0 Å². The number of rotatable bonds is 2. The quantitative estimate of drug-likeness (QED) is 0.392. The van der Waals surface area contributed by atoms with Gasteiger partial charge in [0.1, 0.15) is 0 Å². The van der Waals surface area contributed by atoms with E-state index >= 15 is 0 Å². The molecule has 0 radical (unpaired) electrons. The fraction of sp³-hybridized carbons (Fsp3) is 0.667. The van der Waals surface area contributed by atoms with Gasteiger partial charge < -0.3 is 9.47 Å². The first-order chi connectivity index (χ1) is 9.24. The van der Waals surface area contributed by atoms with Gasteiger partial charge in [-0.25, -0.2) is 0 Å². The smallest absolute Gasteiger partial charge is 0.0876 e. The van der Waals surface area contributed by atoms with E-state index < -0.39 is 0 Å². The third kappa shape index (κ3) is 4.30. The van der Waals surface area contributed by atoms with Gasteiger partial charge in [-0.1, -0.05) is 50.9 Å². The molecule has 1 fully saturated rings. The molecule has 106 valence electrons. The molecule has 0 saturated carbocycles. The number of halogens is 2. The summed E-state index contributed by atoms with van der Waals surface area (Å²) in [7, 11) is 0. The molecule has 0 N–H and O–H groups in total. The molecule has 0 bridgehead atoms. The maximum Gasteiger partial charge on any atom is 0.0876 e. The van der Waals surface area contributed by atoms with Crippen LogP contribution in [-0.4, -0.2) is 29.2 Å². The van der Waals surface area contributed by atoms with E-state index in [1.165, 1.54) is 0 Å². The van der Waals surface area contributed by atoms with Gasteiger partial charge in [-0.3, -0.25) is 0 Å². The first-order valence-electron chi connectivity index (χ1n) is 6.85. The summed E-state index contributed by atoms with van der Waals surface area (Å²) in [5.74, 6) is 0. The van der Waals surface area contributed by atoms with Crippen molar-refractivity contribution in [3.05, 3.63) is 28.9 Å². The van der Waals surface area contributed by atoms with Crippen LogP contribution in [0.1, 0.15) is 32.6 Å². The highest BCUT2D eigenvalue weighted by molar-refractivity contribution is 9.11. The molecule has 0 aliphatic carbocycles. The number of hydrogen-bond acceptors (Lipinski definition) is 2. The topological polar surface area (TPSA) is 18.5 Å². The van der Waals surface area contributed by atoms with Gasteiger partial charge in [-0.05, 0) is 31.8 Å². The molecule has 19 heavy (non-hydrogen) atoms. The third-order valence-corrected chi connectivity index (χ3v) is 4.85. The SMILES string of the molecule is CC[C@@H]1O[C@@H]2C/C=C\C[C@H](C=C=CBr)O[C@@H]2CC1Br. The van der Waals surface area contributed by atoms with Gasteiger partial charge in [0.15, 0.2) is 0 Å². The Balaban J connectivity index is 2.08. The summed E-state index contributed by atoms with van der Waals surface area (Å²) in [5, 5.41) is 0. The van der Waals surface area contributed by atoms with Gasteiger partial charge in [0.25, 0.3) is 0 Å². The van der Waals surface area contributed by atoms with Gasteiger partial charge in [-0.2, -0.15) is 0 Å². The molecule has 0 aromatic heterocycles. The number of fused-ring (bicyclic) bond motifs is 1. The summed E-state index contributed by atoms with van der Waals surface area (Å²) < 4.78 is 12.4. The Bertz CT molecular complexity index is 374. The fourth-order valence-corrected chi connectivity index (χ4v) is 3.64. The summed E-state index contributed by atoms with van der Waals surface area (Å²) in [5.41, 5.74) is 3.05. The molecule has 0 amide bonds. The number of alkyl halides is 1. The van der Waals surface area contributed by atoms with Crippen LogP contribution in [0.5, 0.6) is 0 Å². The maximum atomic E-state index is 6.20. The molecule has 1 unspecified atom stereocenters. The standard InChI is InChI=1S/C15H20Br2O2/c1-2-13-12(17)10-15-14(19-13)8-4-3-6-11(18-15)7-5-9-16/h3-4,7,9,11-15H,2,6,8,10H2,1H3/b4-3-/t5?,11-,12?,13+,14-,15-/m1/s1. The second kappa shape index (κ2) is 7.80. The Morgan fingerprint density at radius 1 is 1.26 bits per heavy atom. The van der Waals surface area contributed by atoms with E-state index in [9.17, 15) is 0 Å². The molecular formula is C15H20Br2O2. The van der Waals surface area contributed by atoms with Crippen molar-refractivity contribution in [3.8, 4) is 0 Å². The van der Waals surface area contributed by atoms with Crippen molar-refractivity contribution in [2.45, 2.75) is 61.9 Å². The largest absolute Gasteiger partial charge is 0.371 e. The van der Waals surface area contributed by atoms with Gasteiger partial charge in [0.2, 0.25) is 0 Å². The highest BCUT2D eigenvalue weighted by Gasteiger charge is 2.37. The minimum atomic E-state index is 0.0827. The summed E-state index contributed by atoms with van der Waals surface area (Å²) in [4.78, 5) is 2.12. The zero-order valence-electron chi connectivity index (χ0n) is 11.1. The van der Waals surface area contributed by atoms with E-state index in [4.69, 9.17) is 9.47 Å². The lowest BCUT2D eigenvalue weighted by molar-refractivity contribution is -0.146. The molecule has 2 heterocycles. The molecule has 4 heteroatoms. The minimum Gasteiger partial charge on any atom is -0.371 e. The Hall–Kier alpha value is 0.140. The van der Waals surface area contributed by atoms with Crippen LogP contribution in [0.25, 0.3) is 0 Å². The lowest BCUT2D eigenvalue weighted by atomic mass is 9.96. The lowest BCUT2D eigenvalue weighted by Gasteiger charge is -2.40. The average Bonchev–Trinajstić information content (AvgIpc) is 2.39. The van der Waals surface area contributed by atoms with Gasteiger partial charge in [0.05, 0.1) is 24.4 Å². The molecular weight excluding hydrogens is 372 g/mol. The third-order valence-electron chi connectivity index (χ3n) is 3.63. The molecule has 0 aromatic rings. The molecule has 5 atom stereocenters. The lowest BCUT2D eigenvalue weighted by Crippen LogP contribution is -2.47. The van der Waals surface area contributed by atoms with Crippen molar-refractivity contribution in [1.82, 2.24) is 0 Å². The Kier molecular flexibility index (Phi) is 6.37. The molecule has 2 aliphatic rings. The van der Waals surface area contributed by atoms with Crippen LogP contribution in [0.4, 0.5) is 0 Å². The molecule has 2 aliphatic heterocycles. The van der Waals surface area contributed by atoms with Gasteiger partial charge in [-0.15, -0.1) is 5.73 Å². The van der Waals surface area contributed by atoms with Crippen LogP contribution in [0.3, 0.4) is 0 Å². The van der Waals surface area contributed by atoms with Crippen molar-refractivity contribution in [1.29, 1.82) is 0 Å². The van der Waals surface area contributed by atoms with Crippen molar-refractivity contribution in [2.75, 3.05) is 0 Å². The minimum absolute atomic E-state index is 0.0827. The van der Waals surface area contributed by atoms with Crippen LogP contribution >= 0.6 is 31.9 Å². The van der Waals surface area contributed by atoms with E-state index in [-0.39, 0.29) is 18.3 Å². The van der Waals surface area contributed by atoms with Gasteiger partial charge in [0, 0.05) is 9.81 Å². The Morgan fingerprint density at radius 2 is 2.05 bits per heavy atom. The highest BCUT2D eigenvalue weighted by atomic mass is 79.9. The predicted molar refractivity (Wildman–Crippen MR) is 84.9 cm³/mol. The predicted octanol–water partition coefficient (Wildman–Crippen LogP) is 4.48. The average molecular weight is 392 g/mol. The van der Waals surface area contributed by atoms with Crippen molar-refractivity contribution in [2.24, 2.45) is 0 Å². The highest BCUT2D eigenvalue weighted by Crippen LogP contribution is 2.32. The van der Waals surface area contributed by atoms with Crippen molar-refractivity contribution >= 4 is 31.9 Å².